The molecule has 5 nitrogen and oxygen atoms in total. The molecule has 0 bridgehead atoms. The third kappa shape index (κ3) is 5.41. The largest absolute Gasteiger partial charge is 0.457 e. The fourth-order valence-electron chi connectivity index (χ4n) is 3.48. The van der Waals surface area contributed by atoms with Gasteiger partial charge in [0, 0.05) is 42.7 Å². The molecule has 0 amide bonds. The van der Waals surface area contributed by atoms with Crippen molar-refractivity contribution in [2.24, 2.45) is 0 Å². The summed E-state index contributed by atoms with van der Waals surface area (Å²) in [6, 6.07) is 21.6. The highest BCUT2D eigenvalue weighted by Gasteiger charge is 2.11. The number of benzene rings is 2. The van der Waals surface area contributed by atoms with Gasteiger partial charge in [-0.05, 0) is 54.1 Å². The van der Waals surface area contributed by atoms with Gasteiger partial charge in [-0.15, -0.1) is 11.3 Å². The molecule has 0 aliphatic rings. The van der Waals surface area contributed by atoms with Crippen LogP contribution in [0.25, 0.3) is 10.9 Å². The van der Waals surface area contributed by atoms with Crippen LogP contribution in [0.4, 0.5) is 0 Å². The van der Waals surface area contributed by atoms with E-state index in [0.29, 0.717) is 32.1 Å². The Morgan fingerprint density at radius 1 is 0.968 bits per heavy atom. The molecular formula is C25H26N2O3S. The molecule has 4 rings (SSSR count). The van der Waals surface area contributed by atoms with Gasteiger partial charge < -0.3 is 19.4 Å². The summed E-state index contributed by atoms with van der Waals surface area (Å²) in [7, 11) is 0. The molecule has 0 radical (unpaired) electrons. The van der Waals surface area contributed by atoms with Crippen molar-refractivity contribution in [3.63, 3.8) is 0 Å². The molecule has 0 aliphatic carbocycles. The van der Waals surface area contributed by atoms with Crippen molar-refractivity contribution in [1.82, 2.24) is 9.88 Å². The van der Waals surface area contributed by atoms with E-state index < -0.39 is 0 Å². The van der Waals surface area contributed by atoms with Crippen molar-refractivity contribution >= 4 is 22.2 Å². The lowest BCUT2D eigenvalue weighted by molar-refractivity contribution is 0.139. The standard InChI is InChI=1S/C25H26N2O3S/c1-2-29-13-12-27-24-16-22(30-21-7-4-3-5-8-21)11-10-19(24)15-20(25(27)28)17-26-18-23-9-6-14-31-23/h3-11,14-16,26H,2,12-13,17-18H2,1H3. The maximum Gasteiger partial charge on any atom is 0.255 e. The maximum atomic E-state index is 13.3. The van der Waals surface area contributed by atoms with Gasteiger partial charge >= 0.3 is 0 Å². The van der Waals surface area contributed by atoms with Crippen LogP contribution >= 0.6 is 11.3 Å². The average molecular weight is 435 g/mol. The zero-order valence-electron chi connectivity index (χ0n) is 17.5. The summed E-state index contributed by atoms with van der Waals surface area (Å²) in [5.74, 6) is 1.46. The van der Waals surface area contributed by atoms with E-state index in [2.05, 4.69) is 16.8 Å². The Morgan fingerprint density at radius 2 is 1.84 bits per heavy atom. The van der Waals surface area contributed by atoms with Crippen molar-refractivity contribution < 1.29 is 9.47 Å². The van der Waals surface area contributed by atoms with Crippen LogP contribution in [-0.2, 0) is 24.4 Å². The Balaban J connectivity index is 1.63. The normalized spacial score (nSPS) is 11.1. The first-order valence-electron chi connectivity index (χ1n) is 10.4. The van der Waals surface area contributed by atoms with Crippen molar-refractivity contribution in [3.8, 4) is 11.5 Å². The predicted molar refractivity (Wildman–Crippen MR) is 126 cm³/mol. The summed E-state index contributed by atoms with van der Waals surface area (Å²) in [6.07, 6.45) is 0. The third-order valence-electron chi connectivity index (χ3n) is 4.98. The number of fused-ring (bicyclic) bond motifs is 1. The van der Waals surface area contributed by atoms with Gasteiger partial charge in [-0.2, -0.15) is 0 Å². The van der Waals surface area contributed by atoms with Gasteiger partial charge in [-0.25, -0.2) is 0 Å². The summed E-state index contributed by atoms with van der Waals surface area (Å²) in [6.45, 7) is 4.83. The minimum absolute atomic E-state index is 0.00254. The first-order valence-corrected chi connectivity index (χ1v) is 11.3. The summed E-state index contributed by atoms with van der Waals surface area (Å²) in [5, 5.41) is 6.45. The number of hydrogen-bond donors (Lipinski definition) is 1. The molecule has 31 heavy (non-hydrogen) atoms. The molecule has 0 saturated carbocycles. The van der Waals surface area contributed by atoms with Crippen LogP contribution < -0.4 is 15.6 Å². The lowest BCUT2D eigenvalue weighted by atomic mass is 10.1. The number of hydrogen-bond acceptors (Lipinski definition) is 5. The zero-order valence-corrected chi connectivity index (χ0v) is 18.4. The van der Waals surface area contributed by atoms with Gasteiger partial charge in [0.1, 0.15) is 11.5 Å². The summed E-state index contributed by atoms with van der Waals surface area (Å²) in [4.78, 5) is 14.5. The fourth-order valence-corrected chi connectivity index (χ4v) is 4.16. The van der Waals surface area contributed by atoms with E-state index in [1.165, 1.54) is 4.88 Å². The van der Waals surface area contributed by atoms with Crippen molar-refractivity contribution in [1.29, 1.82) is 0 Å². The molecule has 1 N–H and O–H groups in total. The van der Waals surface area contributed by atoms with E-state index in [1.807, 2.05) is 67.6 Å². The van der Waals surface area contributed by atoms with E-state index in [4.69, 9.17) is 9.47 Å². The van der Waals surface area contributed by atoms with Crippen LogP contribution in [0, 0.1) is 0 Å². The topological polar surface area (TPSA) is 52.5 Å². The second-order valence-corrected chi connectivity index (χ2v) is 8.17. The SMILES string of the molecule is CCOCCn1c(=O)c(CNCc2cccs2)cc2ccc(Oc3ccccc3)cc21. The molecule has 0 saturated heterocycles. The van der Waals surface area contributed by atoms with Crippen LogP contribution in [0.3, 0.4) is 0 Å². The number of thiophene rings is 1. The number of nitrogens with one attached hydrogen (secondary N) is 1. The molecule has 0 aliphatic heterocycles. The average Bonchev–Trinajstić information content (AvgIpc) is 3.30. The Hall–Kier alpha value is -2.93. The predicted octanol–water partition coefficient (Wildman–Crippen LogP) is 5.18. The quantitative estimate of drug-likeness (QED) is 0.349. The number of rotatable bonds is 10. The molecule has 2 aromatic carbocycles. The first-order chi connectivity index (χ1) is 15.2. The van der Waals surface area contributed by atoms with Crippen molar-refractivity contribution in [2.75, 3.05) is 13.2 Å². The molecule has 0 unspecified atom stereocenters. The highest BCUT2D eigenvalue weighted by Crippen LogP contribution is 2.25. The Kier molecular flexibility index (Phi) is 7.14. The molecular weight excluding hydrogens is 408 g/mol. The first kappa shape index (κ1) is 21.3. The molecule has 160 valence electrons. The number of nitrogens with zero attached hydrogens (tertiary/aromatic N) is 1. The summed E-state index contributed by atoms with van der Waals surface area (Å²) >= 11 is 1.71. The van der Waals surface area contributed by atoms with Gasteiger partial charge in [-0.3, -0.25) is 4.79 Å². The lowest BCUT2D eigenvalue weighted by Crippen LogP contribution is -2.28. The van der Waals surface area contributed by atoms with Crippen LogP contribution in [-0.4, -0.2) is 17.8 Å². The van der Waals surface area contributed by atoms with E-state index in [1.54, 1.807) is 15.9 Å². The smallest absolute Gasteiger partial charge is 0.255 e. The van der Waals surface area contributed by atoms with Crippen LogP contribution in [0.2, 0.25) is 0 Å². The van der Waals surface area contributed by atoms with E-state index in [0.717, 1.165) is 28.8 Å². The fraction of sp³-hybridized carbons (Fsp3) is 0.240. The second kappa shape index (κ2) is 10.4. The van der Waals surface area contributed by atoms with Gasteiger partial charge in [-0.1, -0.05) is 24.3 Å². The van der Waals surface area contributed by atoms with E-state index in [-0.39, 0.29) is 5.56 Å². The molecule has 6 heteroatoms. The minimum atomic E-state index is 0.00254. The maximum absolute atomic E-state index is 13.3. The van der Waals surface area contributed by atoms with Gasteiger partial charge in [0.15, 0.2) is 0 Å². The molecule has 2 heterocycles. The second-order valence-electron chi connectivity index (χ2n) is 7.14. The molecule has 0 fully saturated rings. The monoisotopic (exact) mass is 434 g/mol. The van der Waals surface area contributed by atoms with Crippen LogP contribution in [0.1, 0.15) is 17.4 Å². The number of aromatic nitrogens is 1. The van der Waals surface area contributed by atoms with Crippen molar-refractivity contribution in [2.45, 2.75) is 26.6 Å². The highest BCUT2D eigenvalue weighted by molar-refractivity contribution is 7.09. The van der Waals surface area contributed by atoms with Crippen molar-refractivity contribution in [3.05, 3.63) is 92.9 Å². The Labute approximate surface area is 185 Å². The lowest BCUT2D eigenvalue weighted by Gasteiger charge is -2.15. The minimum Gasteiger partial charge on any atom is -0.457 e. The molecule has 2 aromatic heterocycles. The molecule has 0 atom stereocenters. The van der Waals surface area contributed by atoms with Gasteiger partial charge in [0.05, 0.1) is 12.1 Å². The van der Waals surface area contributed by atoms with Crippen LogP contribution in [0.15, 0.2) is 76.9 Å². The van der Waals surface area contributed by atoms with Crippen LogP contribution in [0.5, 0.6) is 11.5 Å². The Bertz CT molecular complexity index is 1170. The third-order valence-corrected chi connectivity index (χ3v) is 5.86. The number of ether oxygens (including phenoxy) is 2. The highest BCUT2D eigenvalue weighted by atomic mass is 32.1. The van der Waals surface area contributed by atoms with Gasteiger partial charge in [0.2, 0.25) is 0 Å². The summed E-state index contributed by atoms with van der Waals surface area (Å²) in [5.41, 5.74) is 1.60. The number of para-hydroxylation sites is 1. The summed E-state index contributed by atoms with van der Waals surface area (Å²) < 4.78 is 13.3. The van der Waals surface area contributed by atoms with Gasteiger partial charge in [0.25, 0.3) is 5.56 Å². The number of pyridine rings is 1. The molecule has 4 aromatic rings. The Morgan fingerprint density at radius 3 is 2.61 bits per heavy atom. The zero-order chi connectivity index (χ0) is 21.5. The van der Waals surface area contributed by atoms with E-state index >= 15 is 0 Å². The van der Waals surface area contributed by atoms with E-state index in [9.17, 15) is 4.79 Å². The molecule has 0 spiro atoms.